The van der Waals surface area contributed by atoms with Crippen LogP contribution in [0.4, 0.5) is 21.7 Å². The van der Waals surface area contributed by atoms with Crippen LogP contribution in [0, 0.1) is 5.82 Å². The molecule has 172 valence electrons. The highest BCUT2D eigenvalue weighted by Crippen LogP contribution is 2.24. The molecular weight excluding hydrogens is 415 g/mol. The molecule has 5 rings (SSSR count). The number of para-hydroxylation sites is 1. The zero-order valence-corrected chi connectivity index (χ0v) is 19.4. The standard InChI is InChI=1S/C26H31FN6/c1-30(2)22-9-7-20(8-10-22)18-31-12-11-24-21(19-31)17-28-26(29-24)33-15-13-32(14-16-33)25-6-4-3-5-23(25)27/h3-10,17H,11-16,18-19H2,1-2H3. The number of fused-ring (bicyclic) bond motifs is 1. The molecule has 2 aliphatic rings. The zero-order chi connectivity index (χ0) is 22.8. The van der Waals surface area contributed by atoms with Crippen LogP contribution in [0.25, 0.3) is 0 Å². The highest BCUT2D eigenvalue weighted by Gasteiger charge is 2.23. The molecule has 6 nitrogen and oxygen atoms in total. The predicted molar refractivity (Wildman–Crippen MR) is 131 cm³/mol. The highest BCUT2D eigenvalue weighted by molar-refractivity contribution is 5.50. The van der Waals surface area contributed by atoms with Gasteiger partial charge in [0.1, 0.15) is 5.82 Å². The SMILES string of the molecule is CN(C)c1ccc(CN2CCc3nc(N4CCN(c5ccccc5F)CC4)ncc3C2)cc1. The molecular formula is C26H31FN6. The van der Waals surface area contributed by atoms with Crippen molar-refractivity contribution in [1.29, 1.82) is 0 Å². The molecule has 3 aromatic rings. The van der Waals surface area contributed by atoms with E-state index in [2.05, 4.69) is 58.0 Å². The van der Waals surface area contributed by atoms with E-state index in [9.17, 15) is 4.39 Å². The number of piperazine rings is 1. The molecule has 7 heteroatoms. The van der Waals surface area contributed by atoms with Crippen LogP contribution >= 0.6 is 0 Å². The maximum absolute atomic E-state index is 14.1. The van der Waals surface area contributed by atoms with Gasteiger partial charge in [-0.15, -0.1) is 0 Å². The number of aromatic nitrogens is 2. The normalized spacial score (nSPS) is 16.6. The molecule has 0 unspecified atom stereocenters. The predicted octanol–water partition coefficient (Wildman–Crippen LogP) is 3.57. The lowest BCUT2D eigenvalue weighted by molar-refractivity contribution is 0.243. The molecule has 0 atom stereocenters. The summed E-state index contributed by atoms with van der Waals surface area (Å²) in [7, 11) is 4.13. The minimum Gasteiger partial charge on any atom is -0.378 e. The lowest BCUT2D eigenvalue weighted by Gasteiger charge is -2.36. The van der Waals surface area contributed by atoms with E-state index in [1.807, 2.05) is 18.3 Å². The number of anilines is 3. The summed E-state index contributed by atoms with van der Waals surface area (Å²) in [6.45, 7) is 5.94. The van der Waals surface area contributed by atoms with E-state index in [0.717, 1.165) is 63.9 Å². The van der Waals surface area contributed by atoms with E-state index < -0.39 is 0 Å². The van der Waals surface area contributed by atoms with Gasteiger partial charge in [0.05, 0.1) is 11.4 Å². The van der Waals surface area contributed by atoms with E-state index >= 15 is 0 Å². The van der Waals surface area contributed by atoms with Gasteiger partial charge in [-0.05, 0) is 29.8 Å². The van der Waals surface area contributed by atoms with Gasteiger partial charge in [-0.1, -0.05) is 24.3 Å². The van der Waals surface area contributed by atoms with Crippen LogP contribution in [0.15, 0.2) is 54.7 Å². The van der Waals surface area contributed by atoms with Crippen LogP contribution in [0.1, 0.15) is 16.8 Å². The molecule has 0 aliphatic carbocycles. The molecule has 0 N–H and O–H groups in total. The largest absolute Gasteiger partial charge is 0.378 e. The minimum atomic E-state index is -0.158. The van der Waals surface area contributed by atoms with Gasteiger partial charge >= 0.3 is 0 Å². The van der Waals surface area contributed by atoms with Crippen LogP contribution in [-0.2, 0) is 19.5 Å². The summed E-state index contributed by atoms with van der Waals surface area (Å²) in [6.07, 6.45) is 2.94. The zero-order valence-electron chi connectivity index (χ0n) is 19.4. The van der Waals surface area contributed by atoms with Gasteiger partial charge in [0, 0.05) is 83.8 Å². The average molecular weight is 447 g/mol. The fourth-order valence-electron chi connectivity index (χ4n) is 4.66. The summed E-state index contributed by atoms with van der Waals surface area (Å²) < 4.78 is 14.1. The molecule has 1 saturated heterocycles. The van der Waals surface area contributed by atoms with Crippen LogP contribution in [0.2, 0.25) is 0 Å². The molecule has 0 bridgehead atoms. The second-order valence-corrected chi connectivity index (χ2v) is 9.09. The Morgan fingerprint density at radius 1 is 0.909 bits per heavy atom. The van der Waals surface area contributed by atoms with E-state index in [1.54, 1.807) is 6.07 Å². The number of halogens is 1. The Morgan fingerprint density at radius 3 is 2.36 bits per heavy atom. The third kappa shape index (κ3) is 4.78. The second kappa shape index (κ2) is 9.35. The van der Waals surface area contributed by atoms with Crippen molar-refractivity contribution < 1.29 is 4.39 Å². The summed E-state index contributed by atoms with van der Waals surface area (Å²) >= 11 is 0. The van der Waals surface area contributed by atoms with Gasteiger partial charge in [-0.25, -0.2) is 14.4 Å². The first-order valence-corrected chi connectivity index (χ1v) is 11.6. The smallest absolute Gasteiger partial charge is 0.225 e. The molecule has 1 fully saturated rings. The summed E-state index contributed by atoms with van der Waals surface area (Å²) in [4.78, 5) is 18.5. The van der Waals surface area contributed by atoms with Crippen molar-refractivity contribution in [3.8, 4) is 0 Å². The Morgan fingerprint density at radius 2 is 1.64 bits per heavy atom. The van der Waals surface area contributed by atoms with E-state index in [1.165, 1.54) is 22.9 Å². The first kappa shape index (κ1) is 21.6. The summed E-state index contributed by atoms with van der Waals surface area (Å²) in [5.41, 5.74) is 5.61. The molecule has 2 aliphatic heterocycles. The molecule has 0 amide bonds. The average Bonchev–Trinajstić information content (AvgIpc) is 2.84. The fourth-order valence-corrected chi connectivity index (χ4v) is 4.66. The van der Waals surface area contributed by atoms with Crippen LogP contribution < -0.4 is 14.7 Å². The second-order valence-electron chi connectivity index (χ2n) is 9.09. The quantitative estimate of drug-likeness (QED) is 0.597. The number of nitrogens with zero attached hydrogens (tertiary/aromatic N) is 6. The van der Waals surface area contributed by atoms with Gasteiger partial charge in [0.15, 0.2) is 0 Å². The molecule has 0 saturated carbocycles. The van der Waals surface area contributed by atoms with Gasteiger partial charge in [0.25, 0.3) is 0 Å². The van der Waals surface area contributed by atoms with Crippen molar-refractivity contribution in [2.45, 2.75) is 19.5 Å². The van der Waals surface area contributed by atoms with Crippen molar-refractivity contribution in [1.82, 2.24) is 14.9 Å². The van der Waals surface area contributed by atoms with Crippen molar-refractivity contribution in [3.05, 3.63) is 77.4 Å². The maximum Gasteiger partial charge on any atom is 0.225 e. The van der Waals surface area contributed by atoms with Crippen molar-refractivity contribution in [2.24, 2.45) is 0 Å². The molecule has 0 spiro atoms. The van der Waals surface area contributed by atoms with Gasteiger partial charge in [-0.3, -0.25) is 4.90 Å². The summed E-state index contributed by atoms with van der Waals surface area (Å²) in [5, 5.41) is 0. The number of hydrogen-bond donors (Lipinski definition) is 0. The number of rotatable bonds is 5. The first-order valence-electron chi connectivity index (χ1n) is 11.6. The van der Waals surface area contributed by atoms with Gasteiger partial charge in [0.2, 0.25) is 5.95 Å². The van der Waals surface area contributed by atoms with Gasteiger partial charge < -0.3 is 14.7 Å². The Kier molecular flexibility index (Phi) is 6.13. The van der Waals surface area contributed by atoms with E-state index in [4.69, 9.17) is 9.97 Å². The fraction of sp³-hybridized carbons (Fsp3) is 0.385. The molecule has 33 heavy (non-hydrogen) atoms. The van der Waals surface area contributed by atoms with E-state index in [-0.39, 0.29) is 5.82 Å². The van der Waals surface area contributed by atoms with Crippen molar-refractivity contribution in [2.75, 3.05) is 61.5 Å². The van der Waals surface area contributed by atoms with Crippen LogP contribution in [-0.4, -0.2) is 61.7 Å². The van der Waals surface area contributed by atoms with E-state index in [0.29, 0.717) is 5.69 Å². The van der Waals surface area contributed by atoms with Crippen LogP contribution in [0.3, 0.4) is 0 Å². The lowest BCUT2D eigenvalue weighted by Crippen LogP contribution is -2.47. The Labute approximate surface area is 195 Å². The molecule has 2 aromatic carbocycles. The maximum atomic E-state index is 14.1. The Bertz CT molecular complexity index is 1090. The Hall–Kier alpha value is -3.19. The summed E-state index contributed by atoms with van der Waals surface area (Å²) in [6, 6.07) is 15.8. The third-order valence-electron chi connectivity index (χ3n) is 6.61. The third-order valence-corrected chi connectivity index (χ3v) is 6.61. The number of hydrogen-bond acceptors (Lipinski definition) is 6. The monoisotopic (exact) mass is 446 g/mol. The molecule has 3 heterocycles. The Balaban J connectivity index is 1.20. The van der Waals surface area contributed by atoms with Crippen molar-refractivity contribution in [3.63, 3.8) is 0 Å². The number of benzene rings is 2. The van der Waals surface area contributed by atoms with Crippen LogP contribution in [0.5, 0.6) is 0 Å². The highest BCUT2D eigenvalue weighted by atomic mass is 19.1. The molecule has 0 radical (unpaired) electrons. The van der Waals surface area contributed by atoms with Gasteiger partial charge in [-0.2, -0.15) is 0 Å². The minimum absolute atomic E-state index is 0.158. The first-order chi connectivity index (χ1) is 16.1. The summed E-state index contributed by atoms with van der Waals surface area (Å²) in [5.74, 6) is 0.642. The molecule has 1 aromatic heterocycles. The lowest BCUT2D eigenvalue weighted by atomic mass is 10.1. The van der Waals surface area contributed by atoms with Crippen molar-refractivity contribution >= 4 is 17.3 Å². The topological polar surface area (TPSA) is 38.7 Å².